The summed E-state index contributed by atoms with van der Waals surface area (Å²) in [5.41, 5.74) is 0.536. The molecule has 2 N–H and O–H groups in total. The average molecular weight is 472 g/mol. The number of fused-ring (bicyclic) bond motifs is 1. The lowest BCUT2D eigenvalue weighted by Crippen LogP contribution is -2.13. The number of nitro groups is 1. The molecule has 10 nitrogen and oxygen atoms in total. The highest BCUT2D eigenvalue weighted by atomic mass is 16.6. The highest BCUT2D eigenvalue weighted by molar-refractivity contribution is 6.12. The number of amides is 1. The number of phenols is 1. The maximum atomic E-state index is 13.1. The molecule has 0 radical (unpaired) electrons. The van der Waals surface area contributed by atoms with E-state index in [0.717, 1.165) is 0 Å². The SMILES string of the molecule is COc1cc([N+](=O)[O-])ccc1N=Nc1c(O)c(C(=O)Nc2ccccc2OC)cc2ccccc12. The van der Waals surface area contributed by atoms with Crippen molar-refractivity contribution in [1.29, 1.82) is 0 Å². The van der Waals surface area contributed by atoms with Gasteiger partial charge in [0, 0.05) is 11.5 Å². The lowest BCUT2D eigenvalue weighted by atomic mass is 10.0. The van der Waals surface area contributed by atoms with Gasteiger partial charge in [0.25, 0.3) is 11.6 Å². The Morgan fingerprint density at radius 3 is 2.40 bits per heavy atom. The molecule has 10 heteroatoms. The molecule has 4 rings (SSSR count). The molecule has 0 bridgehead atoms. The minimum Gasteiger partial charge on any atom is -0.505 e. The van der Waals surface area contributed by atoms with Crippen molar-refractivity contribution in [3.8, 4) is 17.2 Å². The van der Waals surface area contributed by atoms with Crippen LogP contribution in [0.1, 0.15) is 10.4 Å². The largest absolute Gasteiger partial charge is 0.505 e. The van der Waals surface area contributed by atoms with Crippen LogP contribution in [0.2, 0.25) is 0 Å². The predicted octanol–water partition coefficient (Wildman–Crippen LogP) is 6.14. The summed E-state index contributed by atoms with van der Waals surface area (Å²) < 4.78 is 10.5. The van der Waals surface area contributed by atoms with Gasteiger partial charge in [0.05, 0.1) is 36.5 Å². The number of carbonyl (C=O) groups excluding carboxylic acids is 1. The number of rotatable bonds is 7. The van der Waals surface area contributed by atoms with Crippen molar-refractivity contribution in [1.82, 2.24) is 0 Å². The van der Waals surface area contributed by atoms with Gasteiger partial charge in [0.1, 0.15) is 17.1 Å². The summed E-state index contributed by atoms with van der Waals surface area (Å²) in [7, 11) is 2.84. The molecule has 4 aromatic rings. The van der Waals surface area contributed by atoms with E-state index in [2.05, 4.69) is 15.5 Å². The van der Waals surface area contributed by atoms with Gasteiger partial charge in [0.15, 0.2) is 11.5 Å². The highest BCUT2D eigenvalue weighted by Gasteiger charge is 2.20. The van der Waals surface area contributed by atoms with Gasteiger partial charge < -0.3 is 19.9 Å². The van der Waals surface area contributed by atoms with Crippen LogP contribution in [-0.4, -0.2) is 30.2 Å². The van der Waals surface area contributed by atoms with Gasteiger partial charge >= 0.3 is 0 Å². The van der Waals surface area contributed by atoms with Crippen molar-refractivity contribution >= 4 is 39.4 Å². The third-order valence-electron chi connectivity index (χ3n) is 5.23. The zero-order valence-corrected chi connectivity index (χ0v) is 18.8. The van der Waals surface area contributed by atoms with Crippen LogP contribution in [0, 0.1) is 10.1 Å². The molecule has 0 aliphatic heterocycles. The molecule has 0 saturated carbocycles. The van der Waals surface area contributed by atoms with Crippen molar-refractivity contribution in [2.24, 2.45) is 10.2 Å². The topological polar surface area (TPSA) is 136 Å². The summed E-state index contributed by atoms with van der Waals surface area (Å²) in [6.45, 7) is 0. The molecule has 35 heavy (non-hydrogen) atoms. The Morgan fingerprint density at radius 1 is 0.943 bits per heavy atom. The second kappa shape index (κ2) is 9.87. The van der Waals surface area contributed by atoms with Crippen molar-refractivity contribution in [3.63, 3.8) is 0 Å². The maximum absolute atomic E-state index is 13.1. The number of benzene rings is 4. The molecule has 1 amide bonds. The van der Waals surface area contributed by atoms with E-state index < -0.39 is 10.8 Å². The molecule has 176 valence electrons. The van der Waals surface area contributed by atoms with Gasteiger partial charge in [-0.15, -0.1) is 10.2 Å². The van der Waals surface area contributed by atoms with Crippen LogP contribution in [0.5, 0.6) is 17.2 Å². The zero-order valence-electron chi connectivity index (χ0n) is 18.8. The number of nitrogens with one attached hydrogen (secondary N) is 1. The number of azo groups is 1. The third kappa shape index (κ3) is 4.71. The number of nitrogens with zero attached hydrogens (tertiary/aromatic N) is 3. The normalized spacial score (nSPS) is 10.9. The van der Waals surface area contributed by atoms with E-state index in [9.17, 15) is 20.0 Å². The fraction of sp³-hybridized carbons (Fsp3) is 0.0800. The van der Waals surface area contributed by atoms with Crippen molar-refractivity contribution in [3.05, 3.63) is 88.5 Å². The summed E-state index contributed by atoms with van der Waals surface area (Å²) in [5, 5.41) is 34.3. The summed E-state index contributed by atoms with van der Waals surface area (Å²) in [6.07, 6.45) is 0. The van der Waals surface area contributed by atoms with E-state index in [4.69, 9.17) is 9.47 Å². The molecular weight excluding hydrogens is 452 g/mol. The van der Waals surface area contributed by atoms with Crippen LogP contribution in [0.3, 0.4) is 0 Å². The Balaban J connectivity index is 1.78. The third-order valence-corrected chi connectivity index (χ3v) is 5.23. The van der Waals surface area contributed by atoms with Crippen molar-refractivity contribution in [2.75, 3.05) is 19.5 Å². The van der Waals surface area contributed by atoms with Gasteiger partial charge in [0.2, 0.25) is 0 Å². The lowest BCUT2D eigenvalue weighted by Gasteiger charge is -2.13. The Bertz CT molecular complexity index is 1470. The van der Waals surface area contributed by atoms with Crippen LogP contribution in [0.25, 0.3) is 10.8 Å². The van der Waals surface area contributed by atoms with Gasteiger partial charge in [-0.2, -0.15) is 0 Å². The van der Waals surface area contributed by atoms with Crippen molar-refractivity contribution in [2.45, 2.75) is 0 Å². The Labute approximate surface area is 199 Å². The van der Waals surface area contributed by atoms with E-state index in [1.807, 2.05) is 0 Å². The number of aromatic hydroxyl groups is 1. The number of hydrogen-bond donors (Lipinski definition) is 2. The van der Waals surface area contributed by atoms with E-state index in [1.165, 1.54) is 32.4 Å². The second-order valence-corrected chi connectivity index (χ2v) is 7.31. The van der Waals surface area contributed by atoms with E-state index in [0.29, 0.717) is 22.2 Å². The van der Waals surface area contributed by atoms with Crippen LogP contribution in [0.4, 0.5) is 22.7 Å². The number of nitro benzene ring substituents is 1. The predicted molar refractivity (Wildman–Crippen MR) is 130 cm³/mol. The number of para-hydroxylation sites is 2. The van der Waals surface area contributed by atoms with E-state index >= 15 is 0 Å². The first-order chi connectivity index (χ1) is 16.9. The summed E-state index contributed by atoms with van der Waals surface area (Å²) in [4.78, 5) is 23.6. The van der Waals surface area contributed by atoms with Crippen LogP contribution in [0.15, 0.2) is 83.0 Å². The number of carbonyl (C=O) groups is 1. The van der Waals surface area contributed by atoms with Gasteiger partial charge in [-0.25, -0.2) is 0 Å². The van der Waals surface area contributed by atoms with Crippen molar-refractivity contribution < 1.29 is 24.3 Å². The van der Waals surface area contributed by atoms with Crippen LogP contribution < -0.4 is 14.8 Å². The first-order valence-electron chi connectivity index (χ1n) is 10.4. The average Bonchev–Trinajstić information content (AvgIpc) is 2.88. The molecule has 0 aliphatic carbocycles. The number of ether oxygens (including phenoxy) is 2. The number of methoxy groups -OCH3 is 2. The molecule has 0 fully saturated rings. The molecular formula is C25H20N4O6. The maximum Gasteiger partial charge on any atom is 0.273 e. The lowest BCUT2D eigenvalue weighted by molar-refractivity contribution is -0.384. The molecule has 0 aliphatic rings. The number of anilines is 1. The van der Waals surface area contributed by atoms with Crippen LogP contribution in [-0.2, 0) is 0 Å². The standard InChI is InChI=1S/C25H20N4O6/c1-34-21-10-6-5-9-19(21)26-25(31)18-13-15-7-3-4-8-17(15)23(24(18)30)28-27-20-12-11-16(29(32)33)14-22(20)35-2/h3-14,30H,1-2H3,(H,26,31). The first kappa shape index (κ1) is 23.2. The Hall–Kier alpha value is -4.99. The fourth-order valence-electron chi connectivity index (χ4n) is 3.50. The molecule has 0 aromatic heterocycles. The monoisotopic (exact) mass is 472 g/mol. The molecule has 4 aromatic carbocycles. The quantitative estimate of drug-likeness (QED) is 0.188. The molecule has 0 spiro atoms. The molecule has 0 atom stereocenters. The summed E-state index contributed by atoms with van der Waals surface area (Å²) in [6, 6.07) is 19.4. The second-order valence-electron chi connectivity index (χ2n) is 7.31. The van der Waals surface area contributed by atoms with Gasteiger partial charge in [-0.3, -0.25) is 14.9 Å². The number of hydrogen-bond acceptors (Lipinski definition) is 8. The smallest absolute Gasteiger partial charge is 0.273 e. The Kier molecular flexibility index (Phi) is 6.54. The zero-order chi connectivity index (χ0) is 24.9. The first-order valence-corrected chi connectivity index (χ1v) is 10.4. The molecule has 0 unspecified atom stereocenters. The Morgan fingerprint density at radius 2 is 1.66 bits per heavy atom. The number of phenolic OH excluding ortho intramolecular Hbond substituents is 1. The van der Waals surface area contributed by atoms with Gasteiger partial charge in [-0.1, -0.05) is 36.4 Å². The van der Waals surface area contributed by atoms with Crippen LogP contribution >= 0.6 is 0 Å². The fourth-order valence-corrected chi connectivity index (χ4v) is 3.50. The minimum absolute atomic E-state index is 0.0146. The van der Waals surface area contributed by atoms with Gasteiger partial charge in [-0.05, 0) is 29.7 Å². The highest BCUT2D eigenvalue weighted by Crippen LogP contribution is 2.41. The molecule has 0 heterocycles. The molecule has 0 saturated heterocycles. The summed E-state index contributed by atoms with van der Waals surface area (Å²) in [5.74, 6) is -0.342. The van der Waals surface area contributed by atoms with E-state index in [1.54, 1.807) is 54.6 Å². The summed E-state index contributed by atoms with van der Waals surface area (Å²) >= 11 is 0. The number of non-ortho nitro benzene ring substituents is 1. The minimum atomic E-state index is -0.567. The van der Waals surface area contributed by atoms with E-state index in [-0.39, 0.29) is 34.1 Å².